The van der Waals surface area contributed by atoms with Crippen molar-refractivity contribution in [3.8, 4) is 5.75 Å². The number of rotatable bonds is 4. The summed E-state index contributed by atoms with van der Waals surface area (Å²) in [5.74, 6) is 2.59. The molecule has 17 heavy (non-hydrogen) atoms. The molecule has 0 amide bonds. The molecule has 0 aliphatic heterocycles. The van der Waals surface area contributed by atoms with E-state index in [1.807, 2.05) is 12.1 Å². The van der Waals surface area contributed by atoms with Crippen molar-refractivity contribution < 1.29 is 4.74 Å². The summed E-state index contributed by atoms with van der Waals surface area (Å²) in [4.78, 5) is 0. The molecular formula is C14H20BrNO. The van der Waals surface area contributed by atoms with E-state index in [4.69, 9.17) is 4.74 Å². The monoisotopic (exact) mass is 297 g/mol. The highest BCUT2D eigenvalue weighted by molar-refractivity contribution is 9.10. The molecule has 1 fully saturated rings. The molecule has 0 unspecified atom stereocenters. The van der Waals surface area contributed by atoms with Gasteiger partial charge in [-0.3, -0.25) is 0 Å². The van der Waals surface area contributed by atoms with Crippen LogP contribution in [0.15, 0.2) is 22.7 Å². The van der Waals surface area contributed by atoms with Crippen molar-refractivity contribution in [3.63, 3.8) is 0 Å². The van der Waals surface area contributed by atoms with Crippen LogP contribution < -0.4 is 10.1 Å². The molecule has 0 atom stereocenters. The average molecular weight is 298 g/mol. The van der Waals surface area contributed by atoms with E-state index in [9.17, 15) is 0 Å². The number of nitrogens with one attached hydrogen (secondary N) is 1. The highest BCUT2D eigenvalue weighted by Gasteiger charge is 2.30. The second kappa shape index (κ2) is 5.30. The number of hydrogen-bond donors (Lipinski definition) is 1. The minimum absolute atomic E-state index is 0.633. The predicted molar refractivity (Wildman–Crippen MR) is 75.7 cm³/mol. The van der Waals surface area contributed by atoms with Crippen molar-refractivity contribution in [2.45, 2.75) is 32.7 Å². The summed E-state index contributed by atoms with van der Waals surface area (Å²) in [6.45, 7) is 4.62. The minimum Gasteiger partial charge on any atom is -0.495 e. The van der Waals surface area contributed by atoms with Crippen molar-refractivity contribution in [2.75, 3.05) is 12.4 Å². The highest BCUT2D eigenvalue weighted by atomic mass is 79.9. The molecule has 0 aromatic heterocycles. The van der Waals surface area contributed by atoms with Gasteiger partial charge in [0.15, 0.2) is 0 Å². The minimum atomic E-state index is 0.633. The van der Waals surface area contributed by atoms with E-state index >= 15 is 0 Å². The molecule has 0 heterocycles. The Balaban J connectivity index is 1.92. The van der Waals surface area contributed by atoms with Crippen LogP contribution in [0.2, 0.25) is 0 Å². The zero-order chi connectivity index (χ0) is 12.4. The molecule has 0 bridgehead atoms. The van der Waals surface area contributed by atoms with E-state index in [1.54, 1.807) is 7.11 Å². The first-order chi connectivity index (χ1) is 8.10. The quantitative estimate of drug-likeness (QED) is 0.894. The van der Waals surface area contributed by atoms with Crippen LogP contribution in [0.1, 0.15) is 26.7 Å². The van der Waals surface area contributed by atoms with Crippen LogP contribution >= 0.6 is 15.9 Å². The molecule has 2 nitrogen and oxygen atoms in total. The summed E-state index contributed by atoms with van der Waals surface area (Å²) in [6.07, 6.45) is 2.58. The van der Waals surface area contributed by atoms with Crippen molar-refractivity contribution in [2.24, 2.45) is 11.8 Å². The van der Waals surface area contributed by atoms with Crippen molar-refractivity contribution in [1.82, 2.24) is 0 Å². The molecule has 1 aromatic carbocycles. The first-order valence-corrected chi connectivity index (χ1v) is 6.99. The number of benzene rings is 1. The van der Waals surface area contributed by atoms with Crippen LogP contribution in [-0.2, 0) is 0 Å². The summed E-state index contributed by atoms with van der Waals surface area (Å²) in [5.41, 5.74) is 1.15. The Bertz CT molecular complexity index is 386. The third-order valence-electron chi connectivity index (χ3n) is 3.64. The van der Waals surface area contributed by atoms with E-state index in [0.717, 1.165) is 27.7 Å². The molecule has 0 spiro atoms. The lowest BCUT2D eigenvalue weighted by atomic mass is 9.73. The Morgan fingerprint density at radius 1 is 1.35 bits per heavy atom. The van der Waals surface area contributed by atoms with Gasteiger partial charge < -0.3 is 10.1 Å². The van der Waals surface area contributed by atoms with Gasteiger partial charge in [0.05, 0.1) is 11.6 Å². The topological polar surface area (TPSA) is 21.3 Å². The van der Waals surface area contributed by atoms with Crippen LogP contribution in [0.25, 0.3) is 0 Å². The van der Waals surface area contributed by atoms with Gasteiger partial charge in [0, 0.05) is 17.8 Å². The first-order valence-electron chi connectivity index (χ1n) is 6.20. The predicted octanol–water partition coefficient (Wildman–Crippen LogP) is 4.30. The third-order valence-corrected chi connectivity index (χ3v) is 4.29. The maximum absolute atomic E-state index is 5.29. The lowest BCUT2D eigenvalue weighted by Gasteiger charge is -2.39. The Labute approximate surface area is 112 Å². The van der Waals surface area contributed by atoms with Crippen LogP contribution in [0.5, 0.6) is 5.75 Å². The molecular weight excluding hydrogens is 278 g/mol. The van der Waals surface area contributed by atoms with E-state index in [0.29, 0.717) is 6.04 Å². The van der Waals surface area contributed by atoms with Gasteiger partial charge in [-0.1, -0.05) is 13.8 Å². The zero-order valence-electron chi connectivity index (χ0n) is 10.7. The van der Waals surface area contributed by atoms with Gasteiger partial charge in [-0.25, -0.2) is 0 Å². The van der Waals surface area contributed by atoms with Crippen LogP contribution in [0.3, 0.4) is 0 Å². The molecule has 3 heteroatoms. The molecule has 1 saturated carbocycles. The maximum atomic E-state index is 5.29. The molecule has 94 valence electrons. The standard InChI is InChI=1S/C14H20BrNO/c1-9(2)10-6-12(7-10)16-11-4-5-13(15)14(8-11)17-3/h4-5,8-10,12,16H,6-7H2,1-3H3. The number of hydrogen-bond acceptors (Lipinski definition) is 2. The van der Waals surface area contributed by atoms with Crippen LogP contribution in [0, 0.1) is 11.8 Å². The average Bonchev–Trinajstić information content (AvgIpc) is 2.24. The third kappa shape index (κ3) is 2.95. The molecule has 1 N–H and O–H groups in total. The van der Waals surface area contributed by atoms with Gasteiger partial charge in [-0.15, -0.1) is 0 Å². The lowest BCUT2D eigenvalue weighted by Crippen LogP contribution is -2.37. The fourth-order valence-electron chi connectivity index (χ4n) is 2.31. The second-order valence-corrected chi connectivity index (χ2v) is 6.02. The summed E-state index contributed by atoms with van der Waals surface area (Å²) in [6, 6.07) is 6.80. The van der Waals surface area contributed by atoms with Crippen molar-refractivity contribution in [3.05, 3.63) is 22.7 Å². The van der Waals surface area contributed by atoms with Gasteiger partial charge in [0.2, 0.25) is 0 Å². The smallest absolute Gasteiger partial charge is 0.135 e. The largest absolute Gasteiger partial charge is 0.495 e. The van der Waals surface area contributed by atoms with Gasteiger partial charge in [0.25, 0.3) is 0 Å². The Morgan fingerprint density at radius 3 is 2.65 bits per heavy atom. The number of anilines is 1. The van der Waals surface area contributed by atoms with Gasteiger partial charge in [0.1, 0.15) is 5.75 Å². The Hall–Kier alpha value is -0.700. The second-order valence-electron chi connectivity index (χ2n) is 5.17. The fourth-order valence-corrected chi connectivity index (χ4v) is 2.72. The summed E-state index contributed by atoms with van der Waals surface area (Å²) >= 11 is 3.46. The van der Waals surface area contributed by atoms with E-state index in [-0.39, 0.29) is 0 Å². The van der Waals surface area contributed by atoms with E-state index < -0.39 is 0 Å². The van der Waals surface area contributed by atoms with Gasteiger partial charge >= 0.3 is 0 Å². The molecule has 0 radical (unpaired) electrons. The molecule has 1 aliphatic rings. The number of methoxy groups -OCH3 is 1. The molecule has 2 rings (SSSR count). The summed E-state index contributed by atoms with van der Waals surface area (Å²) < 4.78 is 6.29. The van der Waals surface area contributed by atoms with Gasteiger partial charge in [-0.05, 0) is 52.7 Å². The Morgan fingerprint density at radius 2 is 2.06 bits per heavy atom. The van der Waals surface area contributed by atoms with Gasteiger partial charge in [-0.2, -0.15) is 0 Å². The number of ether oxygens (including phenoxy) is 1. The lowest BCUT2D eigenvalue weighted by molar-refractivity contribution is 0.212. The summed E-state index contributed by atoms with van der Waals surface area (Å²) in [7, 11) is 1.70. The summed E-state index contributed by atoms with van der Waals surface area (Å²) in [5, 5.41) is 3.56. The zero-order valence-corrected chi connectivity index (χ0v) is 12.3. The number of halogens is 1. The van der Waals surface area contributed by atoms with Crippen molar-refractivity contribution in [1.29, 1.82) is 0 Å². The van der Waals surface area contributed by atoms with Crippen LogP contribution in [0.4, 0.5) is 5.69 Å². The van der Waals surface area contributed by atoms with E-state index in [2.05, 4.69) is 41.2 Å². The molecule has 1 aromatic rings. The fraction of sp³-hybridized carbons (Fsp3) is 0.571. The SMILES string of the molecule is COc1cc(NC2CC(C(C)C)C2)ccc1Br. The molecule has 1 aliphatic carbocycles. The Kier molecular flexibility index (Phi) is 3.97. The molecule has 0 saturated heterocycles. The first kappa shape index (κ1) is 12.7. The van der Waals surface area contributed by atoms with Crippen LogP contribution in [-0.4, -0.2) is 13.2 Å². The highest BCUT2D eigenvalue weighted by Crippen LogP contribution is 2.36. The van der Waals surface area contributed by atoms with E-state index in [1.165, 1.54) is 12.8 Å². The van der Waals surface area contributed by atoms with Crippen molar-refractivity contribution >= 4 is 21.6 Å². The normalized spacial score (nSPS) is 23.4. The maximum Gasteiger partial charge on any atom is 0.135 e.